The third-order valence-corrected chi connectivity index (χ3v) is 7.30. The van der Waals surface area contributed by atoms with E-state index in [1.807, 2.05) is 20.8 Å². The molecule has 3 heteroatoms. The van der Waals surface area contributed by atoms with E-state index in [2.05, 4.69) is 38.0 Å². The van der Waals surface area contributed by atoms with Gasteiger partial charge in [0, 0.05) is 18.4 Å². The molecule has 0 radical (unpaired) electrons. The highest BCUT2D eigenvalue weighted by atomic mass is 16.5. The van der Waals surface area contributed by atoms with Crippen LogP contribution in [0.5, 0.6) is 11.5 Å². The van der Waals surface area contributed by atoms with Gasteiger partial charge in [-0.1, -0.05) is 35.3 Å². The van der Waals surface area contributed by atoms with Crippen LogP contribution in [0, 0.1) is 33.1 Å². The predicted octanol–water partition coefficient (Wildman–Crippen LogP) is 7.20. The first-order valence-electron chi connectivity index (χ1n) is 12.3. The molecule has 0 saturated carbocycles. The van der Waals surface area contributed by atoms with Crippen molar-refractivity contribution in [2.45, 2.75) is 91.6 Å². The summed E-state index contributed by atoms with van der Waals surface area (Å²) >= 11 is 0. The zero-order valence-electron chi connectivity index (χ0n) is 21.1. The molecule has 2 heterocycles. The number of benzene rings is 1. The SMILES string of the molecule is C#C[C@@]1(CC/C=C(\C)CC/C=C(\C)CCC=C2COC2)CCc2c(C)c(O)c(C)c(C)c2O1. The Morgan fingerprint density at radius 2 is 1.67 bits per heavy atom. The molecule has 0 aromatic heterocycles. The minimum absolute atomic E-state index is 0.385. The van der Waals surface area contributed by atoms with Gasteiger partial charge in [0.15, 0.2) is 5.60 Å². The topological polar surface area (TPSA) is 38.7 Å². The van der Waals surface area contributed by atoms with E-state index in [4.69, 9.17) is 15.9 Å². The number of aromatic hydroxyl groups is 1. The van der Waals surface area contributed by atoms with Crippen LogP contribution in [0.3, 0.4) is 0 Å². The molecule has 3 rings (SSSR count). The smallest absolute Gasteiger partial charge is 0.169 e. The molecular formula is C30H40O3. The third-order valence-electron chi connectivity index (χ3n) is 7.30. The first-order chi connectivity index (χ1) is 15.8. The Bertz CT molecular complexity index is 997. The molecule has 1 atom stereocenters. The summed E-state index contributed by atoms with van der Waals surface area (Å²) in [6.45, 7) is 12.0. The number of hydrogen-bond donors (Lipinski definition) is 1. The van der Waals surface area contributed by atoms with Gasteiger partial charge in [-0.25, -0.2) is 0 Å². The standard InChI is InChI=1S/C30H40O3/c1-7-30(18-16-27-25(6)28(31)23(4)24(5)29(27)33-30)17-10-14-22(3)12-8-11-21(2)13-9-15-26-19-32-20-26/h1,11,14-15,31H,8-10,12-13,16-20H2,2-6H3/b21-11+,22-14+/t30-/m1/s1. The average molecular weight is 449 g/mol. The molecule has 0 aliphatic carbocycles. The second-order valence-electron chi connectivity index (χ2n) is 9.84. The number of allylic oxidation sites excluding steroid dienone is 5. The lowest BCUT2D eigenvalue weighted by Crippen LogP contribution is -2.38. The Kier molecular flexibility index (Phi) is 8.49. The van der Waals surface area contributed by atoms with Gasteiger partial charge in [0.2, 0.25) is 0 Å². The van der Waals surface area contributed by atoms with Crippen LogP contribution in [0.25, 0.3) is 0 Å². The second kappa shape index (κ2) is 11.1. The van der Waals surface area contributed by atoms with Crippen LogP contribution in [0.15, 0.2) is 34.9 Å². The molecule has 0 amide bonds. The monoisotopic (exact) mass is 448 g/mol. The van der Waals surface area contributed by atoms with Gasteiger partial charge in [-0.2, -0.15) is 0 Å². The van der Waals surface area contributed by atoms with E-state index in [1.54, 1.807) is 0 Å². The summed E-state index contributed by atoms with van der Waals surface area (Å²) in [5.41, 5.74) is 7.65. The molecule has 0 unspecified atom stereocenters. The lowest BCUT2D eigenvalue weighted by molar-refractivity contribution is 0.0948. The van der Waals surface area contributed by atoms with Crippen LogP contribution in [0.4, 0.5) is 0 Å². The second-order valence-corrected chi connectivity index (χ2v) is 9.84. The quantitative estimate of drug-likeness (QED) is 0.320. The van der Waals surface area contributed by atoms with Crippen LogP contribution in [-0.2, 0) is 11.2 Å². The first kappa shape index (κ1) is 25.2. The fourth-order valence-corrected chi connectivity index (χ4v) is 4.67. The van der Waals surface area contributed by atoms with Crippen molar-refractivity contribution in [2.75, 3.05) is 13.2 Å². The van der Waals surface area contributed by atoms with E-state index in [0.717, 1.165) is 92.6 Å². The van der Waals surface area contributed by atoms with E-state index in [0.29, 0.717) is 5.75 Å². The Balaban J connectivity index is 1.51. The largest absolute Gasteiger partial charge is 0.507 e. The highest BCUT2D eigenvalue weighted by Gasteiger charge is 2.36. The zero-order chi connectivity index (χ0) is 24.0. The van der Waals surface area contributed by atoms with Gasteiger partial charge in [-0.15, -0.1) is 6.42 Å². The molecule has 178 valence electrons. The maximum atomic E-state index is 10.4. The van der Waals surface area contributed by atoms with Crippen LogP contribution in [0.2, 0.25) is 0 Å². The molecule has 1 fully saturated rings. The van der Waals surface area contributed by atoms with Crippen molar-refractivity contribution in [1.82, 2.24) is 0 Å². The van der Waals surface area contributed by atoms with Gasteiger partial charge in [0.25, 0.3) is 0 Å². The fourth-order valence-electron chi connectivity index (χ4n) is 4.67. The van der Waals surface area contributed by atoms with Gasteiger partial charge < -0.3 is 14.6 Å². The van der Waals surface area contributed by atoms with E-state index < -0.39 is 5.60 Å². The highest BCUT2D eigenvalue weighted by molar-refractivity contribution is 5.58. The Morgan fingerprint density at radius 3 is 2.30 bits per heavy atom. The van der Waals surface area contributed by atoms with Crippen LogP contribution in [-0.4, -0.2) is 23.9 Å². The van der Waals surface area contributed by atoms with Gasteiger partial charge in [0.1, 0.15) is 11.5 Å². The molecule has 2 aliphatic rings. The highest BCUT2D eigenvalue weighted by Crippen LogP contribution is 2.44. The summed E-state index contributed by atoms with van der Waals surface area (Å²) < 4.78 is 11.7. The maximum absolute atomic E-state index is 10.4. The number of phenols is 1. The van der Waals surface area contributed by atoms with Crippen molar-refractivity contribution in [2.24, 2.45) is 0 Å². The molecule has 1 aromatic rings. The normalized spacial score (nSPS) is 20.5. The van der Waals surface area contributed by atoms with Crippen molar-refractivity contribution in [1.29, 1.82) is 0 Å². The summed E-state index contributed by atoms with van der Waals surface area (Å²) in [5, 5.41) is 10.4. The first-order valence-corrected chi connectivity index (χ1v) is 12.3. The zero-order valence-corrected chi connectivity index (χ0v) is 21.1. The van der Waals surface area contributed by atoms with Crippen molar-refractivity contribution >= 4 is 0 Å². The van der Waals surface area contributed by atoms with Crippen molar-refractivity contribution < 1.29 is 14.6 Å². The number of ether oxygens (including phenoxy) is 2. The molecule has 1 aromatic carbocycles. The van der Waals surface area contributed by atoms with Gasteiger partial charge in [-0.05, 0) is 95.4 Å². The lowest BCUT2D eigenvalue weighted by Gasteiger charge is -2.37. The van der Waals surface area contributed by atoms with E-state index in [-0.39, 0.29) is 0 Å². The molecule has 3 nitrogen and oxygen atoms in total. The summed E-state index contributed by atoms with van der Waals surface area (Å²) in [6.07, 6.45) is 20.8. The number of terminal acetylenes is 1. The fraction of sp³-hybridized carbons (Fsp3) is 0.533. The molecule has 1 N–H and O–H groups in total. The van der Waals surface area contributed by atoms with Crippen LogP contribution < -0.4 is 4.74 Å². The van der Waals surface area contributed by atoms with Crippen molar-refractivity contribution in [3.63, 3.8) is 0 Å². The van der Waals surface area contributed by atoms with E-state index in [9.17, 15) is 5.11 Å². The molecular weight excluding hydrogens is 408 g/mol. The van der Waals surface area contributed by atoms with Crippen LogP contribution >= 0.6 is 0 Å². The third kappa shape index (κ3) is 6.12. The maximum Gasteiger partial charge on any atom is 0.169 e. The molecule has 33 heavy (non-hydrogen) atoms. The summed E-state index contributed by atoms with van der Waals surface area (Å²) in [4.78, 5) is 0. The van der Waals surface area contributed by atoms with Gasteiger partial charge >= 0.3 is 0 Å². The summed E-state index contributed by atoms with van der Waals surface area (Å²) in [5.74, 6) is 4.24. The Hall–Kier alpha value is -2.44. The van der Waals surface area contributed by atoms with Crippen LogP contribution in [0.1, 0.15) is 81.0 Å². The molecule has 2 aliphatic heterocycles. The summed E-state index contributed by atoms with van der Waals surface area (Å²) in [7, 11) is 0. The summed E-state index contributed by atoms with van der Waals surface area (Å²) in [6, 6.07) is 0. The number of fused-ring (bicyclic) bond motifs is 1. The van der Waals surface area contributed by atoms with Crippen molar-refractivity contribution in [3.8, 4) is 23.8 Å². The Labute approximate surface area is 200 Å². The molecule has 1 saturated heterocycles. The van der Waals surface area contributed by atoms with Gasteiger partial charge in [0.05, 0.1) is 13.2 Å². The predicted molar refractivity (Wildman–Crippen MR) is 137 cm³/mol. The molecule has 0 spiro atoms. The minimum atomic E-state index is -0.569. The average Bonchev–Trinajstić information content (AvgIpc) is 2.77. The number of hydrogen-bond acceptors (Lipinski definition) is 3. The number of rotatable bonds is 9. The van der Waals surface area contributed by atoms with Gasteiger partial charge in [-0.3, -0.25) is 0 Å². The Morgan fingerprint density at radius 1 is 1.00 bits per heavy atom. The van der Waals surface area contributed by atoms with E-state index in [1.165, 1.54) is 16.7 Å². The minimum Gasteiger partial charge on any atom is -0.507 e. The molecule has 0 bridgehead atoms. The lowest BCUT2D eigenvalue weighted by atomic mass is 9.84. The van der Waals surface area contributed by atoms with E-state index >= 15 is 0 Å². The van der Waals surface area contributed by atoms with Crippen molar-refractivity contribution in [3.05, 3.63) is 57.2 Å². The number of phenolic OH excluding ortho intramolecular Hbond substituents is 1.